The van der Waals surface area contributed by atoms with E-state index >= 15 is 0 Å². The molecule has 5 heteroatoms. The monoisotopic (exact) mass is 236 g/mol. The number of piperidine rings is 1. The van der Waals surface area contributed by atoms with Crippen LogP contribution in [-0.2, 0) is 6.54 Å². The van der Waals surface area contributed by atoms with E-state index in [1.807, 2.05) is 0 Å². The standard InChI is InChI=1S/C12H20N4O/c1-4-11(13-5-1)10-3-2-6-16(7-10)8-12-14-9-15-17-12/h9-11,13H,1-8H2. The van der Waals surface area contributed by atoms with Crippen LogP contribution >= 0.6 is 0 Å². The summed E-state index contributed by atoms with van der Waals surface area (Å²) < 4.78 is 5.08. The third-order valence-electron chi connectivity index (χ3n) is 3.98. The predicted octanol–water partition coefficient (Wildman–Crippen LogP) is 1.03. The van der Waals surface area contributed by atoms with E-state index in [2.05, 4.69) is 20.4 Å². The zero-order valence-electron chi connectivity index (χ0n) is 10.1. The van der Waals surface area contributed by atoms with Crippen molar-refractivity contribution in [3.05, 3.63) is 12.2 Å². The average molecular weight is 236 g/mol. The zero-order valence-corrected chi connectivity index (χ0v) is 10.1. The highest BCUT2D eigenvalue weighted by atomic mass is 16.5. The number of rotatable bonds is 3. The van der Waals surface area contributed by atoms with E-state index in [4.69, 9.17) is 4.52 Å². The van der Waals surface area contributed by atoms with Gasteiger partial charge in [0.05, 0.1) is 6.54 Å². The molecule has 2 atom stereocenters. The molecular weight excluding hydrogens is 216 g/mol. The van der Waals surface area contributed by atoms with Crippen molar-refractivity contribution < 1.29 is 4.52 Å². The van der Waals surface area contributed by atoms with E-state index in [1.165, 1.54) is 45.1 Å². The summed E-state index contributed by atoms with van der Waals surface area (Å²) in [5, 5.41) is 7.29. The highest BCUT2D eigenvalue weighted by molar-refractivity contribution is 4.87. The number of aromatic nitrogens is 2. The SMILES string of the molecule is c1noc(CN2CCCC(C3CCCN3)C2)n1. The molecule has 3 heterocycles. The Balaban J connectivity index is 1.55. The van der Waals surface area contributed by atoms with Gasteiger partial charge in [-0.05, 0) is 44.7 Å². The Morgan fingerprint density at radius 1 is 1.41 bits per heavy atom. The van der Waals surface area contributed by atoms with Gasteiger partial charge in [-0.25, -0.2) is 0 Å². The molecule has 0 bridgehead atoms. The second-order valence-electron chi connectivity index (χ2n) is 5.18. The minimum atomic E-state index is 0.737. The summed E-state index contributed by atoms with van der Waals surface area (Å²) >= 11 is 0. The van der Waals surface area contributed by atoms with Crippen molar-refractivity contribution >= 4 is 0 Å². The molecule has 2 fully saturated rings. The molecule has 0 amide bonds. The summed E-state index contributed by atoms with van der Waals surface area (Å²) in [6.07, 6.45) is 6.81. The molecule has 0 spiro atoms. The van der Waals surface area contributed by atoms with Crippen LogP contribution in [0, 0.1) is 5.92 Å². The van der Waals surface area contributed by atoms with Gasteiger partial charge in [0.25, 0.3) is 0 Å². The van der Waals surface area contributed by atoms with Crippen molar-refractivity contribution in [1.82, 2.24) is 20.4 Å². The van der Waals surface area contributed by atoms with Gasteiger partial charge in [-0.2, -0.15) is 4.98 Å². The molecule has 0 radical (unpaired) electrons. The highest BCUT2D eigenvalue weighted by Gasteiger charge is 2.29. The fourth-order valence-electron chi connectivity index (χ4n) is 3.13. The quantitative estimate of drug-likeness (QED) is 0.849. The summed E-state index contributed by atoms with van der Waals surface area (Å²) in [6, 6.07) is 0.737. The van der Waals surface area contributed by atoms with Crippen LogP contribution < -0.4 is 5.32 Å². The molecule has 0 saturated carbocycles. The maximum atomic E-state index is 5.08. The first-order valence-electron chi connectivity index (χ1n) is 6.63. The Morgan fingerprint density at radius 3 is 3.18 bits per heavy atom. The molecule has 0 aliphatic carbocycles. The van der Waals surface area contributed by atoms with Gasteiger partial charge in [-0.15, -0.1) is 0 Å². The van der Waals surface area contributed by atoms with E-state index < -0.39 is 0 Å². The van der Waals surface area contributed by atoms with E-state index in [9.17, 15) is 0 Å². The van der Waals surface area contributed by atoms with E-state index in [1.54, 1.807) is 0 Å². The molecule has 94 valence electrons. The molecule has 1 aromatic heterocycles. The van der Waals surface area contributed by atoms with Gasteiger partial charge in [0, 0.05) is 12.6 Å². The summed E-state index contributed by atoms with van der Waals surface area (Å²) in [4.78, 5) is 6.54. The van der Waals surface area contributed by atoms with E-state index in [-0.39, 0.29) is 0 Å². The van der Waals surface area contributed by atoms with Gasteiger partial charge in [0.1, 0.15) is 0 Å². The van der Waals surface area contributed by atoms with Crippen molar-refractivity contribution in [3.8, 4) is 0 Å². The molecule has 0 aromatic carbocycles. The Hall–Kier alpha value is -0.940. The van der Waals surface area contributed by atoms with Gasteiger partial charge >= 0.3 is 0 Å². The van der Waals surface area contributed by atoms with Gasteiger partial charge in [-0.1, -0.05) is 5.16 Å². The Labute approximate surface area is 102 Å². The number of hydrogen-bond acceptors (Lipinski definition) is 5. The van der Waals surface area contributed by atoms with Crippen LogP contribution in [0.2, 0.25) is 0 Å². The lowest BCUT2D eigenvalue weighted by atomic mass is 9.90. The maximum Gasteiger partial charge on any atom is 0.240 e. The van der Waals surface area contributed by atoms with Gasteiger partial charge in [-0.3, -0.25) is 4.90 Å². The molecule has 1 N–H and O–H groups in total. The average Bonchev–Trinajstić information content (AvgIpc) is 3.01. The minimum Gasteiger partial charge on any atom is -0.338 e. The number of hydrogen-bond donors (Lipinski definition) is 1. The summed E-state index contributed by atoms with van der Waals surface area (Å²) in [6.45, 7) is 4.33. The molecular formula is C12H20N4O. The van der Waals surface area contributed by atoms with Crippen LogP contribution in [0.5, 0.6) is 0 Å². The topological polar surface area (TPSA) is 54.2 Å². The number of nitrogens with zero attached hydrogens (tertiary/aromatic N) is 3. The summed E-state index contributed by atoms with van der Waals surface area (Å²) in [5.74, 6) is 1.54. The predicted molar refractivity (Wildman–Crippen MR) is 63.3 cm³/mol. The van der Waals surface area contributed by atoms with E-state index in [0.717, 1.165) is 30.9 Å². The maximum absolute atomic E-state index is 5.08. The van der Waals surface area contributed by atoms with Crippen molar-refractivity contribution in [3.63, 3.8) is 0 Å². The Bertz CT molecular complexity index is 334. The zero-order chi connectivity index (χ0) is 11.5. The molecule has 3 rings (SSSR count). The first-order chi connectivity index (χ1) is 8.42. The number of likely N-dealkylation sites (tertiary alicyclic amines) is 1. The van der Waals surface area contributed by atoms with Crippen LogP contribution in [0.3, 0.4) is 0 Å². The molecule has 1 aromatic rings. The lowest BCUT2D eigenvalue weighted by Gasteiger charge is -2.35. The largest absolute Gasteiger partial charge is 0.338 e. The Morgan fingerprint density at radius 2 is 2.41 bits per heavy atom. The van der Waals surface area contributed by atoms with Crippen LogP contribution in [0.15, 0.2) is 10.9 Å². The van der Waals surface area contributed by atoms with Crippen molar-refractivity contribution in [2.45, 2.75) is 38.3 Å². The second kappa shape index (κ2) is 5.14. The smallest absolute Gasteiger partial charge is 0.240 e. The molecule has 2 aliphatic rings. The molecule has 2 unspecified atom stereocenters. The highest BCUT2D eigenvalue weighted by Crippen LogP contribution is 2.25. The van der Waals surface area contributed by atoms with Crippen molar-refractivity contribution in [1.29, 1.82) is 0 Å². The van der Waals surface area contributed by atoms with E-state index in [0.29, 0.717) is 0 Å². The molecule has 2 saturated heterocycles. The third kappa shape index (κ3) is 2.66. The summed E-state index contributed by atoms with van der Waals surface area (Å²) in [7, 11) is 0. The fourth-order valence-corrected chi connectivity index (χ4v) is 3.13. The second-order valence-corrected chi connectivity index (χ2v) is 5.18. The van der Waals surface area contributed by atoms with Crippen molar-refractivity contribution in [2.24, 2.45) is 5.92 Å². The van der Waals surface area contributed by atoms with Gasteiger partial charge in [0.15, 0.2) is 6.33 Å². The normalized spacial score (nSPS) is 30.8. The first-order valence-corrected chi connectivity index (χ1v) is 6.63. The fraction of sp³-hybridized carbons (Fsp3) is 0.833. The Kier molecular flexibility index (Phi) is 3.38. The molecule has 17 heavy (non-hydrogen) atoms. The van der Waals surface area contributed by atoms with Crippen LogP contribution in [0.4, 0.5) is 0 Å². The third-order valence-corrected chi connectivity index (χ3v) is 3.98. The van der Waals surface area contributed by atoms with Crippen molar-refractivity contribution in [2.75, 3.05) is 19.6 Å². The van der Waals surface area contributed by atoms with Crippen LogP contribution in [-0.4, -0.2) is 40.7 Å². The van der Waals surface area contributed by atoms with Crippen LogP contribution in [0.1, 0.15) is 31.6 Å². The molecule has 2 aliphatic heterocycles. The minimum absolute atomic E-state index is 0.737. The number of nitrogens with one attached hydrogen (secondary N) is 1. The lowest BCUT2D eigenvalue weighted by molar-refractivity contribution is 0.131. The van der Waals surface area contributed by atoms with Gasteiger partial charge in [0.2, 0.25) is 5.89 Å². The van der Waals surface area contributed by atoms with Gasteiger partial charge < -0.3 is 9.84 Å². The lowest BCUT2D eigenvalue weighted by Crippen LogP contribution is -2.43. The molecule has 5 nitrogen and oxygen atoms in total. The summed E-state index contributed by atoms with van der Waals surface area (Å²) in [5.41, 5.74) is 0. The first kappa shape index (κ1) is 11.2. The van der Waals surface area contributed by atoms with Crippen LogP contribution in [0.25, 0.3) is 0 Å².